The Hall–Kier alpha value is -3.16. The Labute approximate surface area is 233 Å². The molecule has 0 spiro atoms. The monoisotopic (exact) mass is 564 g/mol. The van der Waals surface area contributed by atoms with Gasteiger partial charge in [-0.25, -0.2) is 0 Å². The van der Waals surface area contributed by atoms with Gasteiger partial charge in [0, 0.05) is 44.0 Å². The lowest BCUT2D eigenvalue weighted by Gasteiger charge is -2.23. The van der Waals surface area contributed by atoms with Gasteiger partial charge in [-0.2, -0.15) is 5.11 Å². The summed E-state index contributed by atoms with van der Waals surface area (Å²) in [5, 5.41) is 40.5. The molecule has 0 saturated heterocycles. The number of carbonyl (C=O) groups is 1. The molecular formula is C26H37ClN6O6. The second-order valence-electron chi connectivity index (χ2n) is 8.55. The number of hydrogen-bond acceptors (Lipinski definition) is 11. The van der Waals surface area contributed by atoms with E-state index in [0.717, 1.165) is 31.7 Å². The predicted octanol–water partition coefficient (Wildman–Crippen LogP) is 3.69. The molecule has 0 saturated carbocycles. The third-order valence-corrected chi connectivity index (χ3v) is 6.11. The SMILES string of the molecule is CCN(CCOC(=O)CCNCCCN(CCO)CCO)c1ccc(N=Nc2ccc([N+](=O)[O-])cc2Cl)cc1. The molecule has 2 aromatic carbocycles. The highest BCUT2D eigenvalue weighted by Gasteiger charge is 2.10. The van der Waals surface area contributed by atoms with Crippen molar-refractivity contribution in [1.82, 2.24) is 10.2 Å². The smallest absolute Gasteiger partial charge is 0.307 e. The number of aliphatic hydroxyl groups is 2. The number of halogens is 1. The maximum atomic E-state index is 12.1. The molecule has 0 amide bonds. The van der Waals surface area contributed by atoms with Crippen molar-refractivity contribution in [2.45, 2.75) is 19.8 Å². The molecule has 0 aliphatic rings. The number of ether oxygens (including phenoxy) is 1. The number of esters is 1. The van der Waals surface area contributed by atoms with Crippen molar-refractivity contribution in [2.24, 2.45) is 10.2 Å². The summed E-state index contributed by atoms with van der Waals surface area (Å²) in [4.78, 5) is 26.4. The van der Waals surface area contributed by atoms with Gasteiger partial charge in [0.1, 0.15) is 12.3 Å². The number of non-ortho nitro benzene ring substituents is 1. The third-order valence-electron chi connectivity index (χ3n) is 5.80. The van der Waals surface area contributed by atoms with Crippen LogP contribution in [0.1, 0.15) is 19.8 Å². The third kappa shape index (κ3) is 12.1. The van der Waals surface area contributed by atoms with Crippen LogP contribution in [0.3, 0.4) is 0 Å². The van der Waals surface area contributed by atoms with Crippen LogP contribution in [0.2, 0.25) is 5.02 Å². The lowest BCUT2D eigenvalue weighted by atomic mass is 10.2. The van der Waals surface area contributed by atoms with Gasteiger partial charge in [0.2, 0.25) is 0 Å². The van der Waals surface area contributed by atoms with Crippen molar-refractivity contribution < 1.29 is 24.7 Å². The van der Waals surface area contributed by atoms with Crippen molar-refractivity contribution in [3.63, 3.8) is 0 Å². The van der Waals surface area contributed by atoms with Gasteiger partial charge in [0.25, 0.3) is 5.69 Å². The summed E-state index contributed by atoms with van der Waals surface area (Å²) in [6.45, 7) is 6.78. The van der Waals surface area contributed by atoms with Gasteiger partial charge in [0.05, 0.1) is 41.8 Å². The first-order valence-electron chi connectivity index (χ1n) is 12.9. The Bertz CT molecular complexity index is 1050. The number of nitro benzene ring substituents is 1. The van der Waals surface area contributed by atoms with Gasteiger partial charge in [-0.3, -0.25) is 19.8 Å². The molecule has 39 heavy (non-hydrogen) atoms. The second-order valence-corrected chi connectivity index (χ2v) is 8.96. The first-order valence-corrected chi connectivity index (χ1v) is 13.3. The molecule has 2 rings (SSSR count). The van der Waals surface area contributed by atoms with Gasteiger partial charge in [-0.15, -0.1) is 5.11 Å². The molecule has 2 aromatic rings. The van der Waals surface area contributed by atoms with Crippen LogP contribution in [0.5, 0.6) is 0 Å². The van der Waals surface area contributed by atoms with Crippen LogP contribution in [0, 0.1) is 10.1 Å². The van der Waals surface area contributed by atoms with Gasteiger partial charge >= 0.3 is 5.97 Å². The van der Waals surface area contributed by atoms with Crippen LogP contribution in [0.15, 0.2) is 52.7 Å². The van der Waals surface area contributed by atoms with Crippen molar-refractivity contribution in [3.8, 4) is 0 Å². The van der Waals surface area contributed by atoms with Crippen LogP contribution in [0.4, 0.5) is 22.7 Å². The number of nitrogens with one attached hydrogen (secondary N) is 1. The fraction of sp³-hybridized carbons (Fsp3) is 0.500. The van der Waals surface area contributed by atoms with Crippen LogP contribution < -0.4 is 10.2 Å². The fourth-order valence-electron chi connectivity index (χ4n) is 3.71. The highest BCUT2D eigenvalue weighted by Crippen LogP contribution is 2.30. The topological polar surface area (TPSA) is 153 Å². The number of rotatable bonds is 19. The highest BCUT2D eigenvalue weighted by molar-refractivity contribution is 6.33. The number of anilines is 1. The van der Waals surface area contributed by atoms with Crippen LogP contribution in [0.25, 0.3) is 0 Å². The van der Waals surface area contributed by atoms with E-state index in [1.165, 1.54) is 18.2 Å². The summed E-state index contributed by atoms with van der Waals surface area (Å²) in [5.41, 5.74) is 1.76. The average Bonchev–Trinajstić information content (AvgIpc) is 2.93. The lowest BCUT2D eigenvalue weighted by Crippen LogP contribution is -2.33. The number of aliphatic hydroxyl groups excluding tert-OH is 2. The molecule has 0 radical (unpaired) electrons. The minimum absolute atomic E-state index is 0.0634. The van der Waals surface area contributed by atoms with Crippen LogP contribution in [-0.4, -0.2) is 91.6 Å². The molecule has 0 bridgehead atoms. The average molecular weight is 565 g/mol. The number of azo groups is 1. The first-order chi connectivity index (χ1) is 18.9. The van der Waals surface area contributed by atoms with E-state index in [-0.39, 0.29) is 42.9 Å². The molecule has 13 heteroatoms. The quantitative estimate of drug-likeness (QED) is 0.0762. The van der Waals surface area contributed by atoms with Crippen molar-refractivity contribution in [1.29, 1.82) is 0 Å². The zero-order chi connectivity index (χ0) is 28.5. The molecule has 0 fully saturated rings. The molecule has 0 atom stereocenters. The summed E-state index contributed by atoms with van der Waals surface area (Å²) in [5.74, 6) is -0.263. The highest BCUT2D eigenvalue weighted by atomic mass is 35.5. The van der Waals surface area contributed by atoms with Gasteiger partial charge < -0.3 is 25.2 Å². The van der Waals surface area contributed by atoms with Gasteiger partial charge in [-0.1, -0.05) is 11.6 Å². The van der Waals surface area contributed by atoms with E-state index < -0.39 is 4.92 Å². The van der Waals surface area contributed by atoms with Gasteiger partial charge in [-0.05, 0) is 56.8 Å². The Balaban J connectivity index is 1.70. The molecule has 0 aromatic heterocycles. The summed E-state index contributed by atoms with van der Waals surface area (Å²) in [7, 11) is 0. The Morgan fingerprint density at radius 2 is 1.77 bits per heavy atom. The number of nitro groups is 1. The number of carbonyl (C=O) groups excluding carboxylic acids is 1. The van der Waals surface area contributed by atoms with E-state index in [1.54, 1.807) is 12.1 Å². The number of benzene rings is 2. The second kappa shape index (κ2) is 18.2. The van der Waals surface area contributed by atoms with Crippen molar-refractivity contribution in [2.75, 3.05) is 70.5 Å². The van der Waals surface area contributed by atoms with Crippen molar-refractivity contribution in [3.05, 3.63) is 57.6 Å². The Morgan fingerprint density at radius 1 is 1.05 bits per heavy atom. The van der Waals surface area contributed by atoms with Crippen LogP contribution >= 0.6 is 11.6 Å². The van der Waals surface area contributed by atoms with E-state index in [4.69, 9.17) is 26.6 Å². The Kier molecular flexibility index (Phi) is 14.9. The summed E-state index contributed by atoms with van der Waals surface area (Å²) in [6.07, 6.45) is 1.13. The zero-order valence-corrected chi connectivity index (χ0v) is 22.9. The van der Waals surface area contributed by atoms with E-state index >= 15 is 0 Å². The summed E-state index contributed by atoms with van der Waals surface area (Å²) < 4.78 is 5.38. The van der Waals surface area contributed by atoms with E-state index in [9.17, 15) is 14.9 Å². The van der Waals surface area contributed by atoms with Gasteiger partial charge in [0.15, 0.2) is 0 Å². The standard InChI is InChI=1S/C26H37ClN6O6/c1-2-32(16-19-39-26(36)10-12-28-11-3-13-31(14-17-34)15-18-35)22-6-4-21(5-7-22)29-30-25-9-8-23(33(37)38)20-24(25)27/h4-9,20,28,34-35H,2-3,10-19H2,1H3. The first kappa shape index (κ1) is 32.1. The molecule has 0 aliphatic carbocycles. The molecule has 0 heterocycles. The number of hydrogen-bond donors (Lipinski definition) is 3. The maximum Gasteiger partial charge on any atom is 0.307 e. The molecular weight excluding hydrogens is 528 g/mol. The fourth-order valence-corrected chi connectivity index (χ4v) is 3.92. The summed E-state index contributed by atoms with van der Waals surface area (Å²) in [6, 6.07) is 11.4. The molecule has 0 unspecified atom stereocenters. The summed E-state index contributed by atoms with van der Waals surface area (Å²) >= 11 is 6.05. The lowest BCUT2D eigenvalue weighted by molar-refractivity contribution is -0.384. The molecule has 0 aliphatic heterocycles. The normalized spacial score (nSPS) is 11.3. The van der Waals surface area contributed by atoms with E-state index in [2.05, 4.69) is 20.4 Å². The minimum Gasteiger partial charge on any atom is -0.464 e. The number of nitrogens with zero attached hydrogens (tertiary/aromatic N) is 5. The minimum atomic E-state index is -0.525. The van der Waals surface area contributed by atoms with Crippen LogP contribution in [-0.2, 0) is 9.53 Å². The molecule has 214 valence electrons. The molecule has 3 N–H and O–H groups in total. The largest absolute Gasteiger partial charge is 0.464 e. The van der Waals surface area contributed by atoms with Crippen molar-refractivity contribution >= 4 is 40.3 Å². The molecule has 12 nitrogen and oxygen atoms in total. The van der Waals surface area contributed by atoms with E-state index in [0.29, 0.717) is 37.6 Å². The zero-order valence-electron chi connectivity index (χ0n) is 22.2. The van der Waals surface area contributed by atoms with E-state index in [1.807, 2.05) is 24.0 Å². The maximum absolute atomic E-state index is 12.1. The predicted molar refractivity (Wildman–Crippen MR) is 150 cm³/mol. The number of likely N-dealkylation sites (N-methyl/N-ethyl adjacent to an activating group) is 1. The Morgan fingerprint density at radius 3 is 2.38 bits per heavy atom.